The number of aliphatic hydroxyl groups is 1. The van der Waals surface area contributed by atoms with Crippen molar-refractivity contribution in [3.05, 3.63) is 48.6 Å². The molecule has 0 aliphatic carbocycles. The van der Waals surface area contributed by atoms with Gasteiger partial charge in [0, 0.05) is 6.42 Å². The molecule has 2 nitrogen and oxygen atoms in total. The predicted octanol–water partition coefficient (Wildman–Crippen LogP) is 1.75. The number of hydrogen-bond donors (Lipinski definition) is 1. The molecule has 1 unspecified atom stereocenters. The summed E-state index contributed by atoms with van der Waals surface area (Å²) < 4.78 is 5.03. The molecule has 0 saturated carbocycles. The van der Waals surface area contributed by atoms with Gasteiger partial charge in [-0.1, -0.05) is 36.4 Å². The van der Waals surface area contributed by atoms with Gasteiger partial charge in [-0.2, -0.15) is 0 Å². The van der Waals surface area contributed by atoms with E-state index in [4.69, 9.17) is 4.74 Å². The van der Waals surface area contributed by atoms with Crippen LogP contribution in [0.5, 0.6) is 0 Å². The highest BCUT2D eigenvalue weighted by atomic mass is 16.6. The zero-order valence-corrected chi connectivity index (χ0v) is 7.52. The molecule has 13 heavy (non-hydrogen) atoms. The molecule has 0 fully saturated rings. The maximum atomic E-state index is 9.36. The van der Waals surface area contributed by atoms with E-state index in [0.29, 0.717) is 13.0 Å². The molecule has 0 aromatic heterocycles. The minimum Gasteiger partial charge on any atom is -0.368 e. The van der Waals surface area contributed by atoms with Gasteiger partial charge in [-0.05, 0) is 5.56 Å². The summed E-state index contributed by atoms with van der Waals surface area (Å²) in [5, 5.41) is 9.36. The van der Waals surface area contributed by atoms with Crippen LogP contribution in [0, 0.1) is 0 Å². The summed E-state index contributed by atoms with van der Waals surface area (Å²) in [7, 11) is 0. The number of rotatable bonds is 5. The van der Waals surface area contributed by atoms with Crippen LogP contribution in [0.2, 0.25) is 0 Å². The fourth-order valence-electron chi connectivity index (χ4n) is 1.05. The van der Waals surface area contributed by atoms with E-state index in [9.17, 15) is 5.11 Å². The van der Waals surface area contributed by atoms with E-state index >= 15 is 0 Å². The van der Waals surface area contributed by atoms with Crippen LogP contribution in [-0.2, 0) is 11.2 Å². The molecule has 0 heterocycles. The average molecular weight is 178 g/mol. The van der Waals surface area contributed by atoms with Gasteiger partial charge in [0.2, 0.25) is 0 Å². The van der Waals surface area contributed by atoms with Crippen LogP contribution < -0.4 is 0 Å². The zero-order valence-electron chi connectivity index (χ0n) is 7.52. The van der Waals surface area contributed by atoms with Crippen LogP contribution >= 0.6 is 0 Å². The summed E-state index contributed by atoms with van der Waals surface area (Å²) in [5.41, 5.74) is 1.07. The molecular formula is C11H14O2. The van der Waals surface area contributed by atoms with Crippen molar-refractivity contribution in [3.63, 3.8) is 0 Å². The first kappa shape index (κ1) is 9.96. The minimum absolute atomic E-state index is 0.383. The van der Waals surface area contributed by atoms with Crippen LogP contribution in [0.1, 0.15) is 5.56 Å². The van der Waals surface area contributed by atoms with Crippen LogP contribution in [0.3, 0.4) is 0 Å². The molecule has 0 saturated heterocycles. The molecule has 1 atom stereocenters. The van der Waals surface area contributed by atoms with Crippen molar-refractivity contribution in [1.82, 2.24) is 0 Å². The van der Waals surface area contributed by atoms with Crippen molar-refractivity contribution in [2.24, 2.45) is 0 Å². The van der Waals surface area contributed by atoms with Crippen molar-refractivity contribution in [2.45, 2.75) is 12.7 Å². The van der Waals surface area contributed by atoms with E-state index in [2.05, 4.69) is 6.58 Å². The van der Waals surface area contributed by atoms with Gasteiger partial charge in [0.25, 0.3) is 0 Å². The molecule has 1 aromatic carbocycles. The van der Waals surface area contributed by atoms with Crippen molar-refractivity contribution in [2.75, 3.05) is 6.61 Å². The maximum absolute atomic E-state index is 9.36. The summed E-state index contributed by atoms with van der Waals surface area (Å²) in [4.78, 5) is 0. The Kier molecular flexibility index (Phi) is 4.23. The second-order valence-corrected chi connectivity index (χ2v) is 2.77. The Bertz CT molecular complexity index is 244. The molecule has 70 valence electrons. The molecule has 0 aliphatic heterocycles. The first-order valence-electron chi connectivity index (χ1n) is 4.27. The van der Waals surface area contributed by atoms with Crippen molar-refractivity contribution < 1.29 is 9.84 Å². The van der Waals surface area contributed by atoms with Gasteiger partial charge in [-0.25, -0.2) is 0 Å². The Morgan fingerprint density at radius 1 is 1.38 bits per heavy atom. The lowest BCUT2D eigenvalue weighted by Crippen LogP contribution is -2.14. The molecule has 1 N–H and O–H groups in total. The third-order valence-corrected chi connectivity index (χ3v) is 1.66. The molecule has 0 amide bonds. The first-order chi connectivity index (χ1) is 6.33. The summed E-state index contributed by atoms with van der Waals surface area (Å²) in [6.45, 7) is 3.89. The molecule has 1 aromatic rings. The predicted molar refractivity (Wildman–Crippen MR) is 52.3 cm³/mol. The molecule has 2 heteroatoms. The van der Waals surface area contributed by atoms with Crippen LogP contribution in [0.15, 0.2) is 43.0 Å². The van der Waals surface area contributed by atoms with Gasteiger partial charge >= 0.3 is 0 Å². The number of hydrogen-bond acceptors (Lipinski definition) is 2. The van der Waals surface area contributed by atoms with Crippen LogP contribution in [0.4, 0.5) is 0 Å². The Labute approximate surface area is 78.5 Å². The zero-order chi connectivity index (χ0) is 9.52. The van der Waals surface area contributed by atoms with Crippen LogP contribution in [-0.4, -0.2) is 18.0 Å². The third-order valence-electron chi connectivity index (χ3n) is 1.66. The van der Waals surface area contributed by atoms with Crippen molar-refractivity contribution >= 4 is 0 Å². The lowest BCUT2D eigenvalue weighted by molar-refractivity contribution is -0.0869. The van der Waals surface area contributed by atoms with Crippen LogP contribution in [0.25, 0.3) is 0 Å². The van der Waals surface area contributed by atoms with Crippen molar-refractivity contribution in [1.29, 1.82) is 0 Å². The normalized spacial score (nSPS) is 12.4. The van der Waals surface area contributed by atoms with Crippen molar-refractivity contribution in [3.8, 4) is 0 Å². The lowest BCUT2D eigenvalue weighted by Gasteiger charge is -2.09. The Morgan fingerprint density at radius 3 is 2.69 bits per heavy atom. The Morgan fingerprint density at radius 2 is 2.08 bits per heavy atom. The highest BCUT2D eigenvalue weighted by molar-refractivity contribution is 5.14. The Hall–Kier alpha value is -1.12. The highest BCUT2D eigenvalue weighted by Crippen LogP contribution is 2.03. The molecule has 1 rings (SSSR count). The molecule has 0 radical (unpaired) electrons. The third kappa shape index (κ3) is 3.87. The summed E-state index contributed by atoms with van der Waals surface area (Å²) in [5.74, 6) is 0. The van der Waals surface area contributed by atoms with Gasteiger partial charge in [-0.15, -0.1) is 6.58 Å². The number of benzene rings is 1. The van der Waals surface area contributed by atoms with E-state index in [1.165, 1.54) is 0 Å². The van der Waals surface area contributed by atoms with Gasteiger partial charge in [0.15, 0.2) is 6.29 Å². The second-order valence-electron chi connectivity index (χ2n) is 2.77. The van der Waals surface area contributed by atoms with E-state index < -0.39 is 6.29 Å². The van der Waals surface area contributed by atoms with Gasteiger partial charge in [-0.3, -0.25) is 0 Å². The smallest absolute Gasteiger partial charge is 0.158 e. The number of ether oxygens (including phenoxy) is 1. The molecule has 0 aliphatic rings. The SMILES string of the molecule is C=CCOC(O)Cc1ccccc1. The quantitative estimate of drug-likeness (QED) is 0.550. The molecule has 0 bridgehead atoms. The first-order valence-corrected chi connectivity index (χ1v) is 4.27. The van der Waals surface area contributed by atoms with E-state index in [1.54, 1.807) is 6.08 Å². The van der Waals surface area contributed by atoms with E-state index in [0.717, 1.165) is 5.56 Å². The standard InChI is InChI=1S/C11H14O2/c1-2-8-13-11(12)9-10-6-4-3-5-7-10/h2-7,11-12H,1,8-9H2. The summed E-state index contributed by atoms with van der Waals surface area (Å²) in [6.07, 6.45) is 1.41. The summed E-state index contributed by atoms with van der Waals surface area (Å²) >= 11 is 0. The van der Waals surface area contributed by atoms with Gasteiger partial charge < -0.3 is 9.84 Å². The average Bonchev–Trinajstić information content (AvgIpc) is 2.16. The fraction of sp³-hybridized carbons (Fsp3) is 0.273. The monoisotopic (exact) mass is 178 g/mol. The molecular weight excluding hydrogens is 164 g/mol. The topological polar surface area (TPSA) is 29.5 Å². The van der Waals surface area contributed by atoms with E-state index in [-0.39, 0.29) is 0 Å². The van der Waals surface area contributed by atoms with E-state index in [1.807, 2.05) is 30.3 Å². The summed E-state index contributed by atoms with van der Waals surface area (Å²) in [6, 6.07) is 9.74. The lowest BCUT2D eigenvalue weighted by atomic mass is 10.1. The fourth-order valence-corrected chi connectivity index (χ4v) is 1.05. The molecule has 0 spiro atoms. The maximum Gasteiger partial charge on any atom is 0.158 e. The van der Waals surface area contributed by atoms with Gasteiger partial charge in [0.1, 0.15) is 0 Å². The Balaban J connectivity index is 2.36. The highest BCUT2D eigenvalue weighted by Gasteiger charge is 2.03. The minimum atomic E-state index is -0.736. The number of aliphatic hydroxyl groups excluding tert-OH is 1. The second kappa shape index (κ2) is 5.51. The largest absolute Gasteiger partial charge is 0.368 e. The van der Waals surface area contributed by atoms with Gasteiger partial charge in [0.05, 0.1) is 6.61 Å².